The van der Waals surface area contributed by atoms with E-state index in [1.165, 1.54) is 10.6 Å². The summed E-state index contributed by atoms with van der Waals surface area (Å²) in [7, 11) is -2.25. The molecule has 3 aromatic rings. The Morgan fingerprint density at radius 3 is 2.41 bits per heavy atom. The van der Waals surface area contributed by atoms with Crippen LogP contribution in [0.5, 0.6) is 5.75 Å². The van der Waals surface area contributed by atoms with Crippen LogP contribution in [-0.4, -0.2) is 63.4 Å². The molecule has 2 aromatic carbocycles. The molecule has 1 aromatic heterocycles. The van der Waals surface area contributed by atoms with Crippen LogP contribution in [-0.2, 0) is 21.4 Å². The van der Waals surface area contributed by atoms with Crippen molar-refractivity contribution in [2.75, 3.05) is 44.7 Å². The van der Waals surface area contributed by atoms with Gasteiger partial charge in [-0.3, -0.25) is 4.79 Å². The van der Waals surface area contributed by atoms with Gasteiger partial charge in [0.2, 0.25) is 15.9 Å². The Morgan fingerprint density at radius 1 is 1.03 bits per heavy atom. The highest BCUT2D eigenvalue weighted by Gasteiger charge is 2.30. The van der Waals surface area contributed by atoms with E-state index in [-0.39, 0.29) is 23.9 Å². The van der Waals surface area contributed by atoms with Gasteiger partial charge in [0, 0.05) is 37.9 Å². The van der Waals surface area contributed by atoms with E-state index in [2.05, 4.69) is 4.90 Å². The summed E-state index contributed by atoms with van der Waals surface area (Å²) in [5.74, 6) is 1.03. The summed E-state index contributed by atoms with van der Waals surface area (Å²) in [6.45, 7) is 3.95. The van der Waals surface area contributed by atoms with Gasteiger partial charge in [-0.1, -0.05) is 23.8 Å². The molecular weight excluding hydrogens is 454 g/mol. The van der Waals surface area contributed by atoms with E-state index in [9.17, 15) is 13.2 Å². The first-order valence-corrected chi connectivity index (χ1v) is 12.6. The van der Waals surface area contributed by atoms with Gasteiger partial charge in [0.15, 0.2) is 0 Å². The lowest BCUT2D eigenvalue weighted by Gasteiger charge is -2.37. The van der Waals surface area contributed by atoms with E-state index in [1.807, 2.05) is 31.2 Å². The number of sulfonamides is 1. The number of piperazine rings is 1. The molecule has 0 aliphatic carbocycles. The number of methoxy groups -OCH3 is 1. The minimum Gasteiger partial charge on any atom is -0.497 e. The summed E-state index contributed by atoms with van der Waals surface area (Å²) in [6.07, 6.45) is 1.49. The Hall–Kier alpha value is -3.30. The molecule has 0 bridgehead atoms. The van der Waals surface area contributed by atoms with Crippen LogP contribution >= 0.6 is 0 Å². The Labute approximate surface area is 200 Å². The van der Waals surface area contributed by atoms with Crippen LogP contribution in [0.3, 0.4) is 0 Å². The molecule has 0 radical (unpaired) electrons. The lowest BCUT2D eigenvalue weighted by Crippen LogP contribution is -2.51. The molecule has 8 nitrogen and oxygen atoms in total. The highest BCUT2D eigenvalue weighted by atomic mass is 32.2. The molecule has 1 fully saturated rings. The molecule has 0 unspecified atom stereocenters. The molecule has 180 valence electrons. The predicted molar refractivity (Wildman–Crippen MR) is 129 cm³/mol. The highest BCUT2D eigenvalue weighted by molar-refractivity contribution is 7.89. The average molecular weight is 484 g/mol. The van der Waals surface area contributed by atoms with Gasteiger partial charge in [0.1, 0.15) is 11.5 Å². The molecule has 0 spiro atoms. The van der Waals surface area contributed by atoms with E-state index in [0.29, 0.717) is 31.9 Å². The summed E-state index contributed by atoms with van der Waals surface area (Å²) in [5, 5.41) is 0. The number of furan rings is 1. The zero-order valence-electron chi connectivity index (χ0n) is 19.4. The van der Waals surface area contributed by atoms with Crippen LogP contribution in [0.25, 0.3) is 0 Å². The third-order valence-corrected chi connectivity index (χ3v) is 7.74. The minimum absolute atomic E-state index is 0.0152. The molecule has 4 rings (SSSR count). The number of nitrogens with zero attached hydrogens (tertiary/aromatic N) is 3. The fourth-order valence-corrected chi connectivity index (χ4v) is 5.29. The van der Waals surface area contributed by atoms with Crippen molar-refractivity contribution in [3.05, 3.63) is 78.3 Å². The maximum absolute atomic E-state index is 13.4. The third kappa shape index (κ3) is 5.43. The molecule has 1 aliphatic heterocycles. The molecule has 34 heavy (non-hydrogen) atoms. The van der Waals surface area contributed by atoms with Crippen molar-refractivity contribution >= 4 is 21.6 Å². The Kier molecular flexibility index (Phi) is 7.23. The van der Waals surface area contributed by atoms with E-state index in [1.54, 1.807) is 48.4 Å². The largest absolute Gasteiger partial charge is 0.497 e. The van der Waals surface area contributed by atoms with E-state index < -0.39 is 10.0 Å². The Balaban J connectivity index is 1.46. The average Bonchev–Trinajstić information content (AvgIpc) is 3.37. The van der Waals surface area contributed by atoms with Crippen LogP contribution in [0.1, 0.15) is 11.3 Å². The number of carbonyl (C=O) groups is 1. The molecular formula is C25H29N3O5S. The van der Waals surface area contributed by atoms with Crippen LogP contribution in [0.2, 0.25) is 0 Å². The van der Waals surface area contributed by atoms with Gasteiger partial charge in [-0.25, -0.2) is 8.42 Å². The summed E-state index contributed by atoms with van der Waals surface area (Å²) in [5.41, 5.74) is 1.99. The molecule has 0 N–H and O–H groups in total. The number of rotatable bonds is 8. The van der Waals surface area contributed by atoms with Crippen molar-refractivity contribution in [1.29, 1.82) is 0 Å². The first kappa shape index (κ1) is 23.8. The van der Waals surface area contributed by atoms with E-state index >= 15 is 0 Å². The lowest BCUT2D eigenvalue weighted by molar-refractivity contribution is -0.131. The third-order valence-electron chi connectivity index (χ3n) is 5.93. The number of hydrogen-bond donors (Lipinski definition) is 0. The fraction of sp³-hybridized carbons (Fsp3) is 0.320. The Bertz CT molecular complexity index is 1200. The molecule has 9 heteroatoms. The number of amides is 1. The maximum Gasteiger partial charge on any atom is 0.243 e. The van der Waals surface area contributed by atoms with Crippen molar-refractivity contribution in [2.24, 2.45) is 0 Å². The van der Waals surface area contributed by atoms with Crippen molar-refractivity contribution in [2.45, 2.75) is 18.4 Å². The Morgan fingerprint density at radius 2 is 1.76 bits per heavy atom. The van der Waals surface area contributed by atoms with Gasteiger partial charge in [0.25, 0.3) is 0 Å². The topological polar surface area (TPSA) is 83.3 Å². The van der Waals surface area contributed by atoms with Gasteiger partial charge < -0.3 is 19.0 Å². The number of ether oxygens (including phenoxy) is 1. The highest BCUT2D eigenvalue weighted by Crippen LogP contribution is 2.23. The van der Waals surface area contributed by atoms with Crippen LogP contribution < -0.4 is 9.64 Å². The van der Waals surface area contributed by atoms with Gasteiger partial charge in [0.05, 0.1) is 31.4 Å². The van der Waals surface area contributed by atoms with Crippen molar-refractivity contribution < 1.29 is 22.4 Å². The second-order valence-corrected chi connectivity index (χ2v) is 10.2. The lowest BCUT2D eigenvalue weighted by atomic mass is 10.2. The fourth-order valence-electron chi connectivity index (χ4n) is 3.93. The number of hydrogen-bond acceptors (Lipinski definition) is 6. The monoisotopic (exact) mass is 483 g/mol. The summed E-state index contributed by atoms with van der Waals surface area (Å²) >= 11 is 0. The second kappa shape index (κ2) is 10.3. The molecule has 0 atom stereocenters. The molecule has 1 aliphatic rings. The normalized spacial score (nSPS) is 14.4. The quantitative estimate of drug-likeness (QED) is 0.490. The maximum atomic E-state index is 13.4. The van der Waals surface area contributed by atoms with Gasteiger partial charge in [-0.2, -0.15) is 4.31 Å². The SMILES string of the molecule is COc1cccc(N2CCN(C(=O)CN(Cc3ccco3)S(=O)(=O)c3ccc(C)cc3)CC2)c1. The predicted octanol–water partition coefficient (Wildman–Crippen LogP) is 3.14. The van der Waals surface area contributed by atoms with Crippen molar-refractivity contribution in [3.8, 4) is 5.75 Å². The standard InChI is InChI=1S/C25H29N3O5S/c1-20-8-10-24(11-9-20)34(30,31)28(18-23-7-4-16-33-23)19-25(29)27-14-12-26(13-15-27)21-5-3-6-22(17-21)32-2/h3-11,16-17H,12-15,18-19H2,1-2H3. The summed E-state index contributed by atoms with van der Waals surface area (Å²) in [4.78, 5) is 17.2. The number of benzene rings is 2. The van der Waals surface area contributed by atoms with Gasteiger partial charge >= 0.3 is 0 Å². The first-order valence-electron chi connectivity index (χ1n) is 11.1. The first-order chi connectivity index (χ1) is 16.4. The number of anilines is 1. The van der Waals surface area contributed by atoms with Crippen LogP contribution in [0.15, 0.2) is 76.2 Å². The van der Waals surface area contributed by atoms with Crippen molar-refractivity contribution in [3.63, 3.8) is 0 Å². The number of carbonyl (C=O) groups excluding carboxylic acids is 1. The van der Waals surface area contributed by atoms with Gasteiger partial charge in [-0.15, -0.1) is 0 Å². The number of aryl methyl sites for hydroxylation is 1. The molecule has 1 amide bonds. The summed E-state index contributed by atoms with van der Waals surface area (Å²) in [6, 6.07) is 17.8. The van der Waals surface area contributed by atoms with Crippen LogP contribution in [0.4, 0.5) is 5.69 Å². The van der Waals surface area contributed by atoms with Crippen molar-refractivity contribution in [1.82, 2.24) is 9.21 Å². The second-order valence-electron chi connectivity index (χ2n) is 8.23. The van der Waals surface area contributed by atoms with E-state index in [4.69, 9.17) is 9.15 Å². The van der Waals surface area contributed by atoms with Gasteiger partial charge in [-0.05, 0) is 43.3 Å². The van der Waals surface area contributed by atoms with Crippen LogP contribution in [0, 0.1) is 6.92 Å². The minimum atomic E-state index is -3.89. The molecule has 0 saturated carbocycles. The van der Waals surface area contributed by atoms with E-state index in [0.717, 1.165) is 17.0 Å². The zero-order valence-corrected chi connectivity index (χ0v) is 20.2. The smallest absolute Gasteiger partial charge is 0.243 e. The molecule has 2 heterocycles. The zero-order chi connectivity index (χ0) is 24.1. The summed E-state index contributed by atoms with van der Waals surface area (Å²) < 4.78 is 38.6. The molecule has 1 saturated heterocycles.